The highest BCUT2D eigenvalue weighted by Gasteiger charge is 2.35. The first-order chi connectivity index (χ1) is 9.02. The largest absolute Gasteiger partial charge is 0.499 e. The fraction of sp³-hybridized carbons (Fsp3) is 0.500. The summed E-state index contributed by atoms with van der Waals surface area (Å²) < 4.78 is 11.8. The molecule has 0 radical (unpaired) electrons. The van der Waals surface area contributed by atoms with Crippen LogP contribution >= 0.6 is 0 Å². The number of aromatic nitrogens is 2. The molecule has 3 atom stereocenters. The smallest absolute Gasteiger partial charge is 0.330 e. The van der Waals surface area contributed by atoms with Gasteiger partial charge in [0.05, 0.1) is 12.4 Å². The van der Waals surface area contributed by atoms with Crippen molar-refractivity contribution in [3.63, 3.8) is 0 Å². The van der Waals surface area contributed by atoms with Crippen molar-refractivity contribution in [3.8, 4) is 0 Å². The van der Waals surface area contributed by atoms with E-state index in [2.05, 4.69) is 11.6 Å². The number of H-pyrrole nitrogens is 1. The fourth-order valence-electron chi connectivity index (χ4n) is 2.00. The van der Waals surface area contributed by atoms with Crippen LogP contribution in [0.4, 0.5) is 0 Å². The van der Waals surface area contributed by atoms with Crippen LogP contribution in [0, 0.1) is 6.92 Å². The first-order valence-electron chi connectivity index (χ1n) is 5.91. The van der Waals surface area contributed by atoms with Crippen molar-refractivity contribution in [1.82, 2.24) is 9.55 Å². The van der Waals surface area contributed by atoms with Crippen LogP contribution in [-0.4, -0.2) is 33.5 Å². The number of aromatic amines is 1. The van der Waals surface area contributed by atoms with Gasteiger partial charge in [-0.05, 0) is 6.92 Å². The monoisotopic (exact) mass is 268 g/mol. The van der Waals surface area contributed by atoms with Gasteiger partial charge in [-0.1, -0.05) is 6.58 Å². The Morgan fingerprint density at radius 2 is 2.42 bits per heavy atom. The van der Waals surface area contributed by atoms with Gasteiger partial charge in [0.1, 0.15) is 18.9 Å². The average molecular weight is 268 g/mol. The molecule has 0 aromatic carbocycles. The number of nitrogens with zero attached hydrogens (tertiary/aromatic N) is 1. The molecule has 0 saturated carbocycles. The maximum atomic E-state index is 11.7. The molecule has 7 heteroatoms. The molecule has 0 bridgehead atoms. The minimum absolute atomic E-state index is 0.165. The summed E-state index contributed by atoms with van der Waals surface area (Å²) in [7, 11) is 0. The van der Waals surface area contributed by atoms with Gasteiger partial charge >= 0.3 is 5.69 Å². The highest BCUT2D eigenvalue weighted by atomic mass is 16.6. The minimum atomic E-state index is -0.732. The lowest BCUT2D eigenvalue weighted by molar-refractivity contribution is -0.0485. The van der Waals surface area contributed by atoms with Gasteiger partial charge in [0.25, 0.3) is 5.56 Å². The van der Waals surface area contributed by atoms with Gasteiger partial charge < -0.3 is 14.6 Å². The zero-order chi connectivity index (χ0) is 14.0. The summed E-state index contributed by atoms with van der Waals surface area (Å²) in [6, 6.07) is 0. The number of aliphatic hydroxyl groups excluding tert-OH is 1. The number of ether oxygens (including phenoxy) is 2. The molecule has 2 heterocycles. The van der Waals surface area contributed by atoms with Crippen molar-refractivity contribution in [2.45, 2.75) is 31.8 Å². The Bertz CT molecular complexity index is 576. The molecule has 1 aromatic heterocycles. The highest BCUT2D eigenvalue weighted by Crippen LogP contribution is 2.27. The maximum Gasteiger partial charge on any atom is 0.330 e. The van der Waals surface area contributed by atoms with Crippen LogP contribution in [0.2, 0.25) is 0 Å². The van der Waals surface area contributed by atoms with Crippen molar-refractivity contribution >= 4 is 0 Å². The summed E-state index contributed by atoms with van der Waals surface area (Å²) in [4.78, 5) is 25.2. The van der Waals surface area contributed by atoms with Gasteiger partial charge in [-0.15, -0.1) is 0 Å². The lowest BCUT2D eigenvalue weighted by Gasteiger charge is -2.15. The predicted molar refractivity (Wildman–Crippen MR) is 66.7 cm³/mol. The van der Waals surface area contributed by atoms with Gasteiger partial charge in [0, 0.05) is 18.2 Å². The van der Waals surface area contributed by atoms with E-state index in [0.29, 0.717) is 5.56 Å². The molecular formula is C12H16N2O5. The van der Waals surface area contributed by atoms with E-state index in [0.717, 1.165) is 0 Å². The molecule has 2 N–H and O–H groups in total. The minimum Gasteiger partial charge on any atom is -0.499 e. The third kappa shape index (κ3) is 2.77. The molecule has 7 nitrogen and oxygen atoms in total. The standard InChI is InChI=1S/C12H16N2O5/c1-3-18-6-9-8(15)4-10(19-9)14-5-7(2)11(16)13-12(14)17/h3,5,8-10,15H,1,4,6H2,2H3,(H,13,16,17)/t8-,9+,10+/m0/s1. The second kappa shape index (κ2) is 5.41. The maximum absolute atomic E-state index is 11.7. The fourth-order valence-corrected chi connectivity index (χ4v) is 2.00. The zero-order valence-electron chi connectivity index (χ0n) is 10.5. The van der Waals surface area contributed by atoms with Gasteiger partial charge in [-0.2, -0.15) is 0 Å². The Labute approximate surface area is 109 Å². The Hall–Kier alpha value is -1.86. The Morgan fingerprint density at radius 3 is 3.11 bits per heavy atom. The number of aryl methyl sites for hydroxylation is 1. The summed E-state index contributed by atoms with van der Waals surface area (Å²) in [5.41, 5.74) is -0.576. The SMILES string of the molecule is C=COC[C@H]1O[C@@H](n2cc(C)c(=O)[nH]c2=O)C[C@@H]1O. The molecule has 1 aliphatic rings. The second-order valence-corrected chi connectivity index (χ2v) is 4.41. The number of hydrogen-bond donors (Lipinski definition) is 2. The lowest BCUT2D eigenvalue weighted by Crippen LogP contribution is -2.33. The van der Waals surface area contributed by atoms with Crippen molar-refractivity contribution < 1.29 is 14.6 Å². The highest BCUT2D eigenvalue weighted by molar-refractivity contribution is 5.02. The van der Waals surface area contributed by atoms with Crippen LogP contribution in [0.25, 0.3) is 0 Å². The van der Waals surface area contributed by atoms with Gasteiger partial charge in [-0.3, -0.25) is 14.3 Å². The molecule has 104 valence electrons. The summed E-state index contributed by atoms with van der Waals surface area (Å²) in [5, 5.41) is 9.84. The van der Waals surface area contributed by atoms with Crippen LogP contribution in [0.15, 0.2) is 28.6 Å². The van der Waals surface area contributed by atoms with Crippen molar-refractivity contribution in [2.75, 3.05) is 6.61 Å². The van der Waals surface area contributed by atoms with Crippen molar-refractivity contribution in [2.24, 2.45) is 0 Å². The van der Waals surface area contributed by atoms with E-state index < -0.39 is 29.7 Å². The summed E-state index contributed by atoms with van der Waals surface area (Å²) in [6.45, 7) is 5.17. The molecule has 0 aliphatic carbocycles. The number of aliphatic hydroxyl groups is 1. The number of nitrogens with one attached hydrogen (secondary N) is 1. The molecular weight excluding hydrogens is 252 g/mol. The molecule has 1 saturated heterocycles. The number of rotatable bonds is 4. The molecule has 1 aromatic rings. The van der Waals surface area contributed by atoms with E-state index >= 15 is 0 Å². The third-order valence-electron chi connectivity index (χ3n) is 3.04. The van der Waals surface area contributed by atoms with Gasteiger partial charge in [-0.25, -0.2) is 4.79 Å². The van der Waals surface area contributed by atoms with Crippen LogP contribution in [-0.2, 0) is 9.47 Å². The van der Waals surface area contributed by atoms with Crippen LogP contribution in [0.1, 0.15) is 18.2 Å². The molecule has 1 fully saturated rings. The average Bonchev–Trinajstić information content (AvgIpc) is 2.72. The Balaban J connectivity index is 2.20. The summed E-state index contributed by atoms with van der Waals surface area (Å²) in [6.07, 6.45) is 1.08. The molecule has 0 amide bonds. The zero-order valence-corrected chi connectivity index (χ0v) is 10.5. The number of hydrogen-bond acceptors (Lipinski definition) is 5. The van der Waals surface area contributed by atoms with E-state index in [1.807, 2.05) is 0 Å². The Morgan fingerprint density at radius 1 is 1.68 bits per heavy atom. The van der Waals surface area contributed by atoms with E-state index in [9.17, 15) is 14.7 Å². The van der Waals surface area contributed by atoms with Gasteiger partial charge in [0.15, 0.2) is 0 Å². The normalized spacial score (nSPS) is 26.3. The molecule has 19 heavy (non-hydrogen) atoms. The van der Waals surface area contributed by atoms with E-state index in [1.54, 1.807) is 6.92 Å². The van der Waals surface area contributed by atoms with Crippen molar-refractivity contribution in [1.29, 1.82) is 0 Å². The van der Waals surface area contributed by atoms with E-state index in [4.69, 9.17) is 9.47 Å². The topological polar surface area (TPSA) is 93.5 Å². The van der Waals surface area contributed by atoms with Crippen LogP contribution in [0.5, 0.6) is 0 Å². The van der Waals surface area contributed by atoms with Crippen LogP contribution < -0.4 is 11.2 Å². The van der Waals surface area contributed by atoms with E-state index in [1.165, 1.54) is 17.0 Å². The molecule has 2 rings (SSSR count). The lowest BCUT2D eigenvalue weighted by atomic mass is 10.2. The quantitative estimate of drug-likeness (QED) is 0.728. The third-order valence-corrected chi connectivity index (χ3v) is 3.04. The summed E-state index contributed by atoms with van der Waals surface area (Å²) in [5.74, 6) is 0. The van der Waals surface area contributed by atoms with Crippen LogP contribution in [0.3, 0.4) is 0 Å². The Kier molecular flexibility index (Phi) is 3.87. The predicted octanol–water partition coefficient (Wildman–Crippen LogP) is -0.346. The summed E-state index contributed by atoms with van der Waals surface area (Å²) >= 11 is 0. The van der Waals surface area contributed by atoms with E-state index in [-0.39, 0.29) is 13.0 Å². The first-order valence-corrected chi connectivity index (χ1v) is 5.91. The molecule has 1 aliphatic heterocycles. The molecule has 0 unspecified atom stereocenters. The van der Waals surface area contributed by atoms with Crippen molar-refractivity contribution in [3.05, 3.63) is 45.4 Å². The second-order valence-electron chi connectivity index (χ2n) is 4.41. The van der Waals surface area contributed by atoms with Gasteiger partial charge in [0.2, 0.25) is 0 Å². The first kappa shape index (κ1) is 13.6. The molecule has 0 spiro atoms.